The highest BCUT2D eigenvalue weighted by Gasteiger charge is 2.22. The molecule has 0 aliphatic carbocycles. The highest BCUT2D eigenvalue weighted by atomic mass is 35.5. The zero-order valence-corrected chi connectivity index (χ0v) is 9.44. The summed E-state index contributed by atoms with van der Waals surface area (Å²) >= 11 is 7.38. The molecule has 0 spiro atoms. The van der Waals surface area contributed by atoms with E-state index in [0.717, 1.165) is 28.6 Å². The van der Waals surface area contributed by atoms with Crippen molar-refractivity contribution in [3.63, 3.8) is 0 Å². The fourth-order valence-electron chi connectivity index (χ4n) is 1.85. The van der Waals surface area contributed by atoms with Gasteiger partial charge in [-0.2, -0.15) is 0 Å². The van der Waals surface area contributed by atoms with Crippen LogP contribution in [0.2, 0.25) is 4.34 Å². The molecule has 1 aromatic heterocycles. The smallest absolute Gasteiger partial charge is 0.0931 e. The molecule has 0 saturated carbocycles. The van der Waals surface area contributed by atoms with Crippen molar-refractivity contribution < 1.29 is 5.11 Å². The van der Waals surface area contributed by atoms with Crippen molar-refractivity contribution in [2.45, 2.75) is 31.4 Å². The van der Waals surface area contributed by atoms with Crippen LogP contribution >= 0.6 is 22.9 Å². The second-order valence-corrected chi connectivity index (χ2v) is 5.48. The van der Waals surface area contributed by atoms with E-state index in [1.807, 2.05) is 12.1 Å². The lowest BCUT2D eigenvalue weighted by Gasteiger charge is -2.17. The summed E-state index contributed by atoms with van der Waals surface area (Å²) in [4.78, 5) is 1.16. The van der Waals surface area contributed by atoms with Crippen molar-refractivity contribution in [1.82, 2.24) is 5.32 Å². The second-order valence-electron chi connectivity index (χ2n) is 3.68. The molecule has 4 heteroatoms. The maximum absolute atomic E-state index is 9.91. The molecular formula is C10H14ClNOS. The molecule has 2 atom stereocenters. The monoisotopic (exact) mass is 231 g/mol. The maximum Gasteiger partial charge on any atom is 0.0931 e. The molecular weight excluding hydrogens is 218 g/mol. The normalized spacial score (nSPS) is 24.0. The average Bonchev–Trinajstić information content (AvgIpc) is 2.75. The fraction of sp³-hybridized carbons (Fsp3) is 0.600. The van der Waals surface area contributed by atoms with Crippen molar-refractivity contribution in [2.24, 2.45) is 0 Å². The number of halogens is 1. The number of thiophene rings is 1. The first-order valence-corrected chi connectivity index (χ1v) is 6.11. The van der Waals surface area contributed by atoms with Gasteiger partial charge in [0.15, 0.2) is 0 Å². The van der Waals surface area contributed by atoms with E-state index < -0.39 is 0 Å². The molecule has 2 heterocycles. The highest BCUT2D eigenvalue weighted by Crippen LogP contribution is 2.24. The van der Waals surface area contributed by atoms with E-state index >= 15 is 0 Å². The van der Waals surface area contributed by atoms with E-state index in [1.54, 1.807) is 11.3 Å². The number of aliphatic hydroxyl groups is 1. The molecule has 1 fully saturated rings. The lowest BCUT2D eigenvalue weighted by molar-refractivity contribution is 0.137. The number of rotatable bonds is 3. The molecule has 1 saturated heterocycles. The minimum atomic E-state index is -0.271. The van der Waals surface area contributed by atoms with Gasteiger partial charge in [-0.25, -0.2) is 0 Å². The largest absolute Gasteiger partial charge is 0.391 e. The van der Waals surface area contributed by atoms with Crippen molar-refractivity contribution in [3.8, 4) is 0 Å². The van der Waals surface area contributed by atoms with Crippen LogP contribution in [-0.4, -0.2) is 23.8 Å². The van der Waals surface area contributed by atoms with Crippen LogP contribution in [0.15, 0.2) is 12.1 Å². The van der Waals surface area contributed by atoms with E-state index in [4.69, 9.17) is 11.6 Å². The summed E-state index contributed by atoms with van der Waals surface area (Å²) in [5.74, 6) is 0. The van der Waals surface area contributed by atoms with Crippen molar-refractivity contribution in [1.29, 1.82) is 0 Å². The van der Waals surface area contributed by atoms with Gasteiger partial charge in [0.2, 0.25) is 0 Å². The predicted octanol–water partition coefficient (Wildman–Crippen LogP) is 2.06. The summed E-state index contributed by atoms with van der Waals surface area (Å²) in [6, 6.07) is 4.15. The van der Waals surface area contributed by atoms with Gasteiger partial charge in [-0.15, -0.1) is 11.3 Å². The molecule has 1 aliphatic rings. The minimum Gasteiger partial charge on any atom is -0.391 e. The van der Waals surface area contributed by atoms with Gasteiger partial charge in [0.25, 0.3) is 0 Å². The Hall–Kier alpha value is -0.0900. The third-order valence-electron chi connectivity index (χ3n) is 2.60. The minimum absolute atomic E-state index is 0.271. The lowest BCUT2D eigenvalue weighted by Crippen LogP contribution is -2.35. The van der Waals surface area contributed by atoms with E-state index in [1.165, 1.54) is 6.42 Å². The zero-order chi connectivity index (χ0) is 9.97. The number of hydrogen-bond donors (Lipinski definition) is 2. The molecule has 1 aliphatic heterocycles. The molecule has 2 rings (SSSR count). The molecule has 0 aromatic carbocycles. The first kappa shape index (κ1) is 10.4. The predicted molar refractivity (Wildman–Crippen MR) is 60.1 cm³/mol. The SMILES string of the molecule is OC(Cc1ccc(Cl)s1)[C@H]1CCCN1. The highest BCUT2D eigenvalue weighted by molar-refractivity contribution is 7.16. The first-order valence-electron chi connectivity index (χ1n) is 4.91. The first-order chi connectivity index (χ1) is 6.75. The molecule has 1 aromatic rings. The van der Waals surface area contributed by atoms with Crippen LogP contribution in [0.25, 0.3) is 0 Å². The third-order valence-corrected chi connectivity index (χ3v) is 3.86. The summed E-state index contributed by atoms with van der Waals surface area (Å²) in [5.41, 5.74) is 0. The standard InChI is InChI=1S/C10H14ClNOS/c11-10-4-3-7(14-10)6-9(13)8-2-1-5-12-8/h3-4,8-9,12-13H,1-2,5-6H2/t8-,9?/m1/s1. The van der Waals surface area contributed by atoms with E-state index in [9.17, 15) is 5.11 Å². The Labute approximate surface area is 92.9 Å². The Morgan fingerprint density at radius 1 is 1.64 bits per heavy atom. The Morgan fingerprint density at radius 3 is 3.07 bits per heavy atom. The number of aliphatic hydroxyl groups excluding tert-OH is 1. The van der Waals surface area contributed by atoms with E-state index in [2.05, 4.69) is 5.32 Å². The van der Waals surface area contributed by atoms with Gasteiger partial charge in [0, 0.05) is 17.3 Å². The average molecular weight is 232 g/mol. The second kappa shape index (κ2) is 4.62. The molecule has 78 valence electrons. The van der Waals surface area contributed by atoms with Gasteiger partial charge in [-0.1, -0.05) is 11.6 Å². The quantitative estimate of drug-likeness (QED) is 0.835. The summed E-state index contributed by atoms with van der Waals surface area (Å²) < 4.78 is 0.798. The van der Waals surface area contributed by atoms with Gasteiger partial charge in [0.1, 0.15) is 0 Å². The van der Waals surface area contributed by atoms with Crippen LogP contribution in [0.5, 0.6) is 0 Å². The van der Waals surface area contributed by atoms with E-state index in [0.29, 0.717) is 0 Å². The Bertz CT molecular complexity index is 296. The van der Waals surface area contributed by atoms with E-state index in [-0.39, 0.29) is 12.1 Å². The van der Waals surface area contributed by atoms with Gasteiger partial charge >= 0.3 is 0 Å². The molecule has 0 amide bonds. The molecule has 2 N–H and O–H groups in total. The van der Waals surface area contributed by atoms with Gasteiger partial charge in [-0.05, 0) is 31.5 Å². The molecule has 0 bridgehead atoms. The topological polar surface area (TPSA) is 32.3 Å². The van der Waals surface area contributed by atoms with Gasteiger partial charge in [-0.3, -0.25) is 0 Å². The van der Waals surface area contributed by atoms with Crippen LogP contribution in [0.4, 0.5) is 0 Å². The van der Waals surface area contributed by atoms with Crippen LogP contribution in [-0.2, 0) is 6.42 Å². The van der Waals surface area contributed by atoms with Crippen LogP contribution in [0.3, 0.4) is 0 Å². The van der Waals surface area contributed by atoms with Crippen LogP contribution in [0.1, 0.15) is 17.7 Å². The number of nitrogens with one attached hydrogen (secondary N) is 1. The Balaban J connectivity index is 1.90. The van der Waals surface area contributed by atoms with Crippen molar-refractivity contribution in [3.05, 3.63) is 21.3 Å². The lowest BCUT2D eigenvalue weighted by atomic mass is 10.1. The summed E-state index contributed by atoms with van der Waals surface area (Å²) in [6.45, 7) is 1.03. The summed E-state index contributed by atoms with van der Waals surface area (Å²) in [5, 5.41) is 13.2. The molecule has 0 radical (unpaired) electrons. The van der Waals surface area contributed by atoms with Gasteiger partial charge < -0.3 is 10.4 Å². The summed E-state index contributed by atoms with van der Waals surface area (Å²) in [6.07, 6.45) is 2.70. The number of hydrogen-bond acceptors (Lipinski definition) is 3. The fourth-order valence-corrected chi connectivity index (χ4v) is 2.99. The Kier molecular flexibility index (Phi) is 3.44. The van der Waals surface area contributed by atoms with Crippen LogP contribution in [0, 0.1) is 0 Å². The zero-order valence-electron chi connectivity index (χ0n) is 7.87. The molecule has 2 nitrogen and oxygen atoms in total. The maximum atomic E-state index is 9.91. The third kappa shape index (κ3) is 2.48. The molecule has 1 unspecified atom stereocenters. The van der Waals surface area contributed by atoms with Crippen molar-refractivity contribution >= 4 is 22.9 Å². The van der Waals surface area contributed by atoms with Crippen LogP contribution < -0.4 is 5.32 Å². The summed E-state index contributed by atoms with van der Waals surface area (Å²) in [7, 11) is 0. The molecule has 14 heavy (non-hydrogen) atoms. The Morgan fingerprint density at radius 2 is 2.50 bits per heavy atom. The van der Waals surface area contributed by atoms with Gasteiger partial charge in [0.05, 0.1) is 10.4 Å². The van der Waals surface area contributed by atoms with Crippen molar-refractivity contribution in [2.75, 3.05) is 6.54 Å².